The predicted molar refractivity (Wildman–Crippen MR) is 97.2 cm³/mol. The standard InChI is InChI=1S/C18H21N3O4S/c1-12-15(13(2)21(20-12)14-7-5-4-6-8-14)16(22)17(23)19-18(3)9-10-26(24,25)11-18/h4-8H,9-11H2,1-3H3,(H,19,23)/t18-/m1/s1. The molecule has 3 rings (SSSR count). The number of carbonyl (C=O) groups excluding carboxylic acids is 2. The van der Waals surface area contributed by atoms with Crippen LogP contribution in [0.15, 0.2) is 30.3 Å². The number of nitrogens with zero attached hydrogens (tertiary/aromatic N) is 2. The maximum absolute atomic E-state index is 12.7. The van der Waals surface area contributed by atoms with Gasteiger partial charge in [-0.1, -0.05) is 18.2 Å². The number of aromatic nitrogens is 2. The van der Waals surface area contributed by atoms with Gasteiger partial charge in [-0.2, -0.15) is 5.10 Å². The highest BCUT2D eigenvalue weighted by atomic mass is 32.2. The van der Waals surface area contributed by atoms with Crippen molar-refractivity contribution in [1.29, 1.82) is 0 Å². The third kappa shape index (κ3) is 3.41. The number of Topliss-reactive ketones (excluding diaryl/α,β-unsaturated/α-hetero) is 1. The number of rotatable bonds is 4. The first kappa shape index (κ1) is 18.3. The van der Waals surface area contributed by atoms with Crippen LogP contribution >= 0.6 is 0 Å². The van der Waals surface area contributed by atoms with Gasteiger partial charge in [0.2, 0.25) is 0 Å². The lowest BCUT2D eigenvalue weighted by molar-refractivity contribution is -0.118. The number of ketones is 1. The lowest BCUT2D eigenvalue weighted by Crippen LogP contribution is -2.49. The van der Waals surface area contributed by atoms with Crippen LogP contribution < -0.4 is 5.32 Å². The molecule has 26 heavy (non-hydrogen) atoms. The van der Waals surface area contributed by atoms with E-state index in [0.29, 0.717) is 17.8 Å². The first-order valence-electron chi connectivity index (χ1n) is 8.31. The molecule has 1 atom stereocenters. The summed E-state index contributed by atoms with van der Waals surface area (Å²) in [5.41, 5.74) is 1.15. The highest BCUT2D eigenvalue weighted by Gasteiger charge is 2.41. The van der Waals surface area contributed by atoms with Gasteiger partial charge in [-0.25, -0.2) is 13.1 Å². The van der Waals surface area contributed by atoms with Gasteiger partial charge in [-0.3, -0.25) is 9.59 Å². The number of para-hydroxylation sites is 1. The van der Waals surface area contributed by atoms with Crippen LogP contribution in [0.4, 0.5) is 0 Å². The maximum atomic E-state index is 12.7. The minimum atomic E-state index is -3.18. The molecule has 1 aliphatic rings. The summed E-state index contributed by atoms with van der Waals surface area (Å²) in [5, 5.41) is 6.98. The summed E-state index contributed by atoms with van der Waals surface area (Å²) in [6, 6.07) is 9.32. The predicted octanol–water partition coefficient (Wildman–Crippen LogP) is 1.37. The highest BCUT2D eigenvalue weighted by Crippen LogP contribution is 2.24. The van der Waals surface area contributed by atoms with Crippen LogP contribution in [0.2, 0.25) is 0 Å². The Bertz CT molecular complexity index is 979. The van der Waals surface area contributed by atoms with E-state index in [0.717, 1.165) is 5.69 Å². The number of amides is 1. The normalized spacial score (nSPS) is 21.5. The van der Waals surface area contributed by atoms with E-state index in [9.17, 15) is 18.0 Å². The smallest absolute Gasteiger partial charge is 0.292 e. The van der Waals surface area contributed by atoms with Crippen molar-refractivity contribution in [1.82, 2.24) is 15.1 Å². The molecule has 2 aromatic rings. The fourth-order valence-corrected chi connectivity index (χ4v) is 5.44. The Morgan fingerprint density at radius 2 is 1.85 bits per heavy atom. The quantitative estimate of drug-likeness (QED) is 0.643. The molecule has 1 N–H and O–H groups in total. The van der Waals surface area contributed by atoms with Crippen LogP contribution in [0.5, 0.6) is 0 Å². The lowest BCUT2D eigenvalue weighted by atomic mass is 10.0. The molecule has 0 bridgehead atoms. The number of nitrogens with one attached hydrogen (secondary N) is 1. The van der Waals surface area contributed by atoms with Gasteiger partial charge >= 0.3 is 0 Å². The number of carbonyl (C=O) groups is 2. The molecule has 1 fully saturated rings. The van der Waals surface area contributed by atoms with Crippen molar-refractivity contribution in [3.05, 3.63) is 47.3 Å². The van der Waals surface area contributed by atoms with Crippen molar-refractivity contribution < 1.29 is 18.0 Å². The number of benzene rings is 1. The van der Waals surface area contributed by atoms with Gasteiger partial charge in [0.15, 0.2) is 9.84 Å². The second-order valence-electron chi connectivity index (χ2n) is 6.98. The fourth-order valence-electron chi connectivity index (χ4n) is 3.35. The molecule has 138 valence electrons. The molecule has 1 aromatic heterocycles. The molecule has 0 radical (unpaired) electrons. The zero-order valence-electron chi connectivity index (χ0n) is 14.9. The van der Waals surface area contributed by atoms with Gasteiger partial charge in [0.05, 0.1) is 39.7 Å². The van der Waals surface area contributed by atoms with Crippen molar-refractivity contribution in [2.75, 3.05) is 11.5 Å². The van der Waals surface area contributed by atoms with Gasteiger partial charge in [-0.15, -0.1) is 0 Å². The monoisotopic (exact) mass is 375 g/mol. The summed E-state index contributed by atoms with van der Waals surface area (Å²) in [4.78, 5) is 25.2. The summed E-state index contributed by atoms with van der Waals surface area (Å²) in [5.74, 6) is -1.64. The maximum Gasteiger partial charge on any atom is 0.292 e. The number of aryl methyl sites for hydroxylation is 1. The van der Waals surface area contributed by atoms with Gasteiger partial charge < -0.3 is 5.32 Å². The Kier molecular flexibility index (Phi) is 4.47. The molecule has 1 aromatic carbocycles. The van der Waals surface area contributed by atoms with Gasteiger partial charge in [0.25, 0.3) is 11.7 Å². The molecule has 1 aliphatic heterocycles. The molecule has 0 unspecified atom stereocenters. The Balaban J connectivity index is 1.87. The topological polar surface area (TPSA) is 98.1 Å². The number of sulfone groups is 1. The van der Waals surface area contributed by atoms with Crippen LogP contribution in [0.1, 0.15) is 35.1 Å². The largest absolute Gasteiger partial charge is 0.343 e. The fraction of sp³-hybridized carbons (Fsp3) is 0.389. The third-order valence-electron chi connectivity index (χ3n) is 4.64. The summed E-state index contributed by atoms with van der Waals surface area (Å²) in [7, 11) is -3.18. The molecule has 0 aliphatic carbocycles. The molecular formula is C18H21N3O4S. The first-order valence-corrected chi connectivity index (χ1v) is 10.1. The van der Waals surface area contributed by atoms with E-state index in [1.165, 1.54) is 0 Å². The Morgan fingerprint density at radius 3 is 2.42 bits per heavy atom. The average Bonchev–Trinajstić information content (AvgIpc) is 3.02. The molecule has 7 nitrogen and oxygen atoms in total. The number of hydrogen-bond acceptors (Lipinski definition) is 5. The zero-order chi connectivity index (χ0) is 19.1. The van der Waals surface area contributed by atoms with Crippen LogP contribution in [0.3, 0.4) is 0 Å². The van der Waals surface area contributed by atoms with E-state index in [1.807, 2.05) is 30.3 Å². The van der Waals surface area contributed by atoms with E-state index in [-0.39, 0.29) is 17.1 Å². The molecule has 8 heteroatoms. The lowest BCUT2D eigenvalue weighted by Gasteiger charge is -2.23. The van der Waals surface area contributed by atoms with E-state index >= 15 is 0 Å². The SMILES string of the molecule is Cc1nn(-c2ccccc2)c(C)c1C(=O)C(=O)N[C@]1(C)CCS(=O)(=O)C1. The highest BCUT2D eigenvalue weighted by molar-refractivity contribution is 7.91. The Morgan fingerprint density at radius 1 is 1.19 bits per heavy atom. The average molecular weight is 375 g/mol. The van der Waals surface area contributed by atoms with Crippen LogP contribution in [-0.4, -0.2) is 46.9 Å². The summed E-state index contributed by atoms with van der Waals surface area (Å²) < 4.78 is 25.0. The molecule has 1 amide bonds. The van der Waals surface area contributed by atoms with Crippen molar-refractivity contribution in [3.63, 3.8) is 0 Å². The van der Waals surface area contributed by atoms with Crippen LogP contribution in [0.25, 0.3) is 5.69 Å². The zero-order valence-corrected chi connectivity index (χ0v) is 15.8. The summed E-state index contributed by atoms with van der Waals surface area (Å²) >= 11 is 0. The van der Waals surface area contributed by atoms with Crippen molar-refractivity contribution >= 4 is 21.5 Å². The van der Waals surface area contributed by atoms with Gasteiger partial charge in [0.1, 0.15) is 0 Å². The molecule has 0 spiro atoms. The Hall–Kier alpha value is -2.48. The Labute approximate surface area is 152 Å². The van der Waals surface area contributed by atoms with Crippen LogP contribution in [-0.2, 0) is 14.6 Å². The van der Waals surface area contributed by atoms with E-state index in [2.05, 4.69) is 10.4 Å². The van der Waals surface area contributed by atoms with Gasteiger partial charge in [-0.05, 0) is 39.3 Å². The van der Waals surface area contributed by atoms with Crippen LogP contribution in [0, 0.1) is 13.8 Å². The van der Waals surface area contributed by atoms with E-state index in [1.54, 1.807) is 25.5 Å². The van der Waals surface area contributed by atoms with Crippen molar-refractivity contribution in [2.24, 2.45) is 0 Å². The molecule has 1 saturated heterocycles. The first-order chi connectivity index (χ1) is 12.1. The second kappa shape index (κ2) is 6.35. The minimum absolute atomic E-state index is 0.0158. The molecular weight excluding hydrogens is 354 g/mol. The third-order valence-corrected chi connectivity index (χ3v) is 6.55. The van der Waals surface area contributed by atoms with E-state index in [4.69, 9.17) is 0 Å². The molecule has 2 heterocycles. The molecule has 0 saturated carbocycles. The van der Waals surface area contributed by atoms with Crippen molar-refractivity contribution in [2.45, 2.75) is 32.7 Å². The van der Waals surface area contributed by atoms with Gasteiger partial charge in [0, 0.05) is 0 Å². The minimum Gasteiger partial charge on any atom is -0.343 e. The summed E-state index contributed by atoms with van der Waals surface area (Å²) in [6.07, 6.45) is 0.301. The second-order valence-corrected chi connectivity index (χ2v) is 9.16. The van der Waals surface area contributed by atoms with E-state index < -0.39 is 27.1 Å². The summed E-state index contributed by atoms with van der Waals surface area (Å²) in [6.45, 7) is 5.06. The number of hydrogen-bond donors (Lipinski definition) is 1. The van der Waals surface area contributed by atoms with Crippen molar-refractivity contribution in [3.8, 4) is 5.69 Å².